The molecule has 0 saturated heterocycles. The van der Waals surface area contributed by atoms with Crippen LogP contribution < -0.4 is 0 Å². The van der Waals surface area contributed by atoms with Crippen LogP contribution in [-0.2, 0) is 0 Å². The molecule has 4 aromatic carbocycles. The van der Waals surface area contributed by atoms with Crippen LogP contribution in [0.5, 0.6) is 0 Å². The van der Waals surface area contributed by atoms with Crippen LogP contribution in [0.4, 0.5) is 0 Å². The van der Waals surface area contributed by atoms with Gasteiger partial charge >= 0.3 is 0 Å². The molecule has 0 unspecified atom stereocenters. The lowest BCUT2D eigenvalue weighted by atomic mass is 9.99. The molecule has 0 aliphatic carbocycles. The monoisotopic (exact) mass is 432 g/mol. The standard InChI is InChI=1S/C18H6Cl6/c19-11-5-9-10(6-12(11)20)18(24)14-13(17(9)23)15(21)7-3-1-2-4-8(7)16(14)22/h1-6H. The summed E-state index contributed by atoms with van der Waals surface area (Å²) in [6.07, 6.45) is 0. The highest BCUT2D eigenvalue weighted by Crippen LogP contribution is 2.49. The molecular formula is C18H6Cl6. The topological polar surface area (TPSA) is 0 Å². The van der Waals surface area contributed by atoms with Gasteiger partial charge in [-0.05, 0) is 12.1 Å². The third kappa shape index (κ3) is 2.29. The first-order valence-electron chi connectivity index (χ1n) is 6.87. The molecule has 0 aliphatic heterocycles. The summed E-state index contributed by atoms with van der Waals surface area (Å²) in [6.45, 7) is 0. The van der Waals surface area contributed by atoms with Crippen LogP contribution in [0.2, 0.25) is 30.1 Å². The summed E-state index contributed by atoms with van der Waals surface area (Å²) in [5.41, 5.74) is 0. The van der Waals surface area contributed by atoms with Crippen LogP contribution in [0.1, 0.15) is 0 Å². The summed E-state index contributed by atoms with van der Waals surface area (Å²) in [5.74, 6) is 0. The van der Waals surface area contributed by atoms with E-state index >= 15 is 0 Å². The van der Waals surface area contributed by atoms with Crippen molar-refractivity contribution in [1.29, 1.82) is 0 Å². The van der Waals surface area contributed by atoms with E-state index in [-0.39, 0.29) is 0 Å². The van der Waals surface area contributed by atoms with Gasteiger partial charge < -0.3 is 0 Å². The van der Waals surface area contributed by atoms with Gasteiger partial charge in [0.1, 0.15) is 0 Å². The Bertz CT molecular complexity index is 1070. The van der Waals surface area contributed by atoms with Gasteiger partial charge in [0.15, 0.2) is 0 Å². The molecule has 0 heterocycles. The van der Waals surface area contributed by atoms with Crippen molar-refractivity contribution in [3.63, 3.8) is 0 Å². The van der Waals surface area contributed by atoms with E-state index in [1.807, 2.05) is 24.3 Å². The molecule has 0 radical (unpaired) electrons. The van der Waals surface area contributed by atoms with Crippen LogP contribution in [0.15, 0.2) is 36.4 Å². The molecule has 0 nitrogen and oxygen atoms in total. The van der Waals surface area contributed by atoms with Crippen molar-refractivity contribution in [2.24, 2.45) is 0 Å². The summed E-state index contributed by atoms with van der Waals surface area (Å²) in [7, 11) is 0. The Balaban J connectivity index is 2.39. The number of fused-ring (bicyclic) bond motifs is 3. The molecule has 0 fully saturated rings. The second kappa shape index (κ2) is 5.99. The first kappa shape index (κ1) is 16.8. The molecule has 4 rings (SSSR count). The molecule has 0 saturated carbocycles. The van der Waals surface area contributed by atoms with E-state index in [9.17, 15) is 0 Å². The highest BCUT2D eigenvalue weighted by atomic mass is 35.5. The Hall–Kier alpha value is -0.600. The van der Waals surface area contributed by atoms with E-state index in [2.05, 4.69) is 0 Å². The summed E-state index contributed by atoms with van der Waals surface area (Å²) in [4.78, 5) is 0. The third-order valence-electron chi connectivity index (χ3n) is 4.06. The molecule has 0 spiro atoms. The van der Waals surface area contributed by atoms with Crippen molar-refractivity contribution in [2.75, 3.05) is 0 Å². The Morgan fingerprint density at radius 2 is 0.792 bits per heavy atom. The van der Waals surface area contributed by atoms with E-state index in [1.165, 1.54) is 0 Å². The number of benzene rings is 4. The second-order valence-corrected chi connectivity index (χ2v) is 7.69. The van der Waals surface area contributed by atoms with Gasteiger partial charge in [0.2, 0.25) is 0 Å². The number of hydrogen-bond acceptors (Lipinski definition) is 0. The largest absolute Gasteiger partial charge is 0.0829 e. The van der Waals surface area contributed by atoms with Gasteiger partial charge in [-0.25, -0.2) is 0 Å². The molecule has 0 bridgehead atoms. The van der Waals surface area contributed by atoms with Crippen LogP contribution in [-0.4, -0.2) is 0 Å². The predicted molar refractivity (Wildman–Crippen MR) is 109 cm³/mol. The normalized spacial score (nSPS) is 11.8. The molecule has 0 atom stereocenters. The van der Waals surface area contributed by atoms with Crippen molar-refractivity contribution in [3.05, 3.63) is 66.5 Å². The fourth-order valence-electron chi connectivity index (χ4n) is 2.95. The summed E-state index contributed by atoms with van der Waals surface area (Å²) in [6, 6.07) is 10.9. The van der Waals surface area contributed by atoms with Crippen LogP contribution in [0.25, 0.3) is 32.3 Å². The quantitative estimate of drug-likeness (QED) is 0.242. The second-order valence-electron chi connectivity index (χ2n) is 5.36. The van der Waals surface area contributed by atoms with Gasteiger partial charge in [-0.2, -0.15) is 0 Å². The Kier molecular flexibility index (Phi) is 4.20. The first-order valence-corrected chi connectivity index (χ1v) is 9.13. The molecule has 120 valence electrons. The zero-order chi connectivity index (χ0) is 17.2. The minimum atomic E-state index is 0.393. The predicted octanol–water partition coefficient (Wildman–Crippen LogP) is 9.07. The van der Waals surface area contributed by atoms with E-state index in [0.29, 0.717) is 51.7 Å². The fourth-order valence-corrected chi connectivity index (χ4v) is 4.77. The third-order valence-corrected chi connectivity index (χ3v) is 6.35. The van der Waals surface area contributed by atoms with Gasteiger partial charge in [-0.3, -0.25) is 0 Å². The smallest absolute Gasteiger partial charge is 0.0599 e. The lowest BCUT2D eigenvalue weighted by Crippen LogP contribution is -1.88. The summed E-state index contributed by atoms with van der Waals surface area (Å²) < 4.78 is 0. The van der Waals surface area contributed by atoms with Crippen LogP contribution >= 0.6 is 69.6 Å². The Morgan fingerprint density at radius 3 is 1.17 bits per heavy atom. The number of halogens is 6. The van der Waals surface area contributed by atoms with Crippen molar-refractivity contribution < 1.29 is 0 Å². The SMILES string of the molecule is Clc1cc2c(Cl)c3c(Cl)c4ccccc4c(Cl)c3c(Cl)c2cc1Cl. The van der Waals surface area contributed by atoms with Gasteiger partial charge in [-0.15, -0.1) is 0 Å². The zero-order valence-electron chi connectivity index (χ0n) is 11.7. The van der Waals surface area contributed by atoms with E-state index in [4.69, 9.17) is 69.6 Å². The van der Waals surface area contributed by atoms with Gasteiger partial charge in [-0.1, -0.05) is 93.9 Å². The molecular weight excluding hydrogens is 429 g/mol. The molecule has 6 heteroatoms. The lowest BCUT2D eigenvalue weighted by molar-refractivity contribution is 1.76. The average Bonchev–Trinajstić information content (AvgIpc) is 2.57. The maximum Gasteiger partial charge on any atom is 0.0599 e. The van der Waals surface area contributed by atoms with Gasteiger partial charge in [0, 0.05) is 32.3 Å². The summed E-state index contributed by atoms with van der Waals surface area (Å²) in [5, 5.41) is 6.89. The Labute approximate surface area is 167 Å². The number of hydrogen-bond donors (Lipinski definition) is 0. The minimum Gasteiger partial charge on any atom is -0.0829 e. The number of rotatable bonds is 0. The molecule has 0 aliphatic rings. The molecule has 4 aromatic rings. The zero-order valence-corrected chi connectivity index (χ0v) is 16.3. The van der Waals surface area contributed by atoms with E-state index in [0.717, 1.165) is 10.8 Å². The van der Waals surface area contributed by atoms with Crippen LogP contribution in [0.3, 0.4) is 0 Å². The maximum absolute atomic E-state index is 6.64. The maximum atomic E-state index is 6.64. The van der Waals surface area contributed by atoms with E-state index < -0.39 is 0 Å². The average molecular weight is 435 g/mol. The molecule has 0 amide bonds. The van der Waals surface area contributed by atoms with E-state index in [1.54, 1.807) is 12.1 Å². The molecule has 0 N–H and O–H groups in total. The highest BCUT2D eigenvalue weighted by molar-refractivity contribution is 6.56. The van der Waals surface area contributed by atoms with Crippen molar-refractivity contribution in [1.82, 2.24) is 0 Å². The molecule has 0 aromatic heterocycles. The van der Waals surface area contributed by atoms with Gasteiger partial charge in [0.05, 0.1) is 30.1 Å². The molecule has 24 heavy (non-hydrogen) atoms. The highest BCUT2D eigenvalue weighted by Gasteiger charge is 2.20. The van der Waals surface area contributed by atoms with Crippen molar-refractivity contribution in [3.8, 4) is 0 Å². The Morgan fingerprint density at radius 1 is 0.458 bits per heavy atom. The summed E-state index contributed by atoms with van der Waals surface area (Å²) >= 11 is 38.8. The van der Waals surface area contributed by atoms with Crippen molar-refractivity contribution >= 4 is 102 Å². The van der Waals surface area contributed by atoms with Gasteiger partial charge in [0.25, 0.3) is 0 Å². The lowest BCUT2D eigenvalue weighted by Gasteiger charge is -2.15. The minimum absolute atomic E-state index is 0.393. The fraction of sp³-hybridized carbons (Fsp3) is 0. The van der Waals surface area contributed by atoms with Crippen LogP contribution in [0, 0.1) is 0 Å². The first-order chi connectivity index (χ1) is 11.4. The van der Waals surface area contributed by atoms with Crippen molar-refractivity contribution in [2.45, 2.75) is 0 Å².